The van der Waals surface area contributed by atoms with Gasteiger partial charge in [0, 0.05) is 18.0 Å². The number of pyridine rings is 1. The minimum atomic E-state index is -0.729. The van der Waals surface area contributed by atoms with Gasteiger partial charge in [0.25, 0.3) is 5.91 Å². The summed E-state index contributed by atoms with van der Waals surface area (Å²) in [4.78, 5) is 26.9. The third kappa shape index (κ3) is 2.85. The van der Waals surface area contributed by atoms with Crippen LogP contribution < -0.4 is 5.32 Å². The summed E-state index contributed by atoms with van der Waals surface area (Å²) in [5.41, 5.74) is -0.157. The fourth-order valence-electron chi connectivity index (χ4n) is 1.59. The number of benzene rings is 1. The monoisotopic (exact) mass is 256 g/mol. The topological polar surface area (TPSA) is 59.1 Å². The number of anilines is 1. The SMILES string of the molecule is BC(=O)c1cccc(NC(=O)c2cccnc2)c1F. The number of amides is 1. The van der Waals surface area contributed by atoms with Gasteiger partial charge in [-0.05, 0) is 24.3 Å². The number of hydrogen-bond acceptors (Lipinski definition) is 3. The summed E-state index contributed by atoms with van der Waals surface area (Å²) < 4.78 is 13.9. The predicted octanol–water partition coefficient (Wildman–Crippen LogP) is 1.25. The molecule has 0 aliphatic heterocycles. The molecule has 2 rings (SSSR count). The minimum absolute atomic E-state index is 0.0263. The van der Waals surface area contributed by atoms with Gasteiger partial charge < -0.3 is 10.1 Å². The fourth-order valence-corrected chi connectivity index (χ4v) is 1.59. The van der Waals surface area contributed by atoms with Crippen LogP contribution in [0.25, 0.3) is 0 Å². The Morgan fingerprint density at radius 2 is 2.00 bits per heavy atom. The van der Waals surface area contributed by atoms with E-state index < -0.39 is 17.4 Å². The molecule has 0 atom stereocenters. The van der Waals surface area contributed by atoms with Crippen molar-refractivity contribution >= 4 is 25.1 Å². The Morgan fingerprint density at radius 3 is 2.63 bits per heavy atom. The lowest BCUT2D eigenvalue weighted by molar-refractivity contribution is 0.102. The van der Waals surface area contributed by atoms with Crippen LogP contribution in [0.3, 0.4) is 0 Å². The molecule has 1 heterocycles. The number of carbonyl (C=O) groups is 2. The van der Waals surface area contributed by atoms with Crippen LogP contribution in [0, 0.1) is 5.82 Å². The molecule has 19 heavy (non-hydrogen) atoms. The number of nitrogens with zero attached hydrogens (tertiary/aromatic N) is 1. The maximum Gasteiger partial charge on any atom is 0.257 e. The van der Waals surface area contributed by atoms with E-state index in [-0.39, 0.29) is 11.3 Å². The van der Waals surface area contributed by atoms with Crippen molar-refractivity contribution in [1.29, 1.82) is 0 Å². The van der Waals surface area contributed by atoms with Gasteiger partial charge in [-0.1, -0.05) is 6.07 Å². The number of carbonyl (C=O) groups excluding carboxylic acids is 2. The number of nitrogens with one attached hydrogen (secondary N) is 1. The van der Waals surface area contributed by atoms with Gasteiger partial charge in [-0.2, -0.15) is 0 Å². The van der Waals surface area contributed by atoms with Gasteiger partial charge in [0.1, 0.15) is 5.68 Å². The van der Waals surface area contributed by atoms with E-state index in [1.54, 1.807) is 12.1 Å². The first-order valence-corrected chi connectivity index (χ1v) is 5.60. The second-order valence-electron chi connectivity index (χ2n) is 3.92. The number of halogens is 1. The van der Waals surface area contributed by atoms with Crippen molar-refractivity contribution in [1.82, 2.24) is 4.98 Å². The Morgan fingerprint density at radius 1 is 1.21 bits per heavy atom. The highest BCUT2D eigenvalue weighted by Gasteiger charge is 2.14. The third-order valence-electron chi connectivity index (χ3n) is 2.55. The molecule has 4 nitrogen and oxygen atoms in total. The van der Waals surface area contributed by atoms with Crippen LogP contribution in [0.15, 0.2) is 42.7 Å². The highest BCUT2D eigenvalue weighted by molar-refractivity contribution is 6.62. The predicted molar refractivity (Wildman–Crippen MR) is 71.5 cm³/mol. The fraction of sp³-hybridized carbons (Fsp3) is 0. The van der Waals surface area contributed by atoms with E-state index in [4.69, 9.17) is 0 Å². The van der Waals surface area contributed by atoms with Crippen LogP contribution in [-0.2, 0) is 0 Å². The summed E-state index contributed by atoms with van der Waals surface area (Å²) in [5, 5.41) is 2.42. The molecule has 1 aromatic heterocycles. The Labute approximate surface area is 110 Å². The molecule has 6 heteroatoms. The zero-order chi connectivity index (χ0) is 13.8. The van der Waals surface area contributed by atoms with E-state index in [2.05, 4.69) is 10.3 Å². The first-order chi connectivity index (χ1) is 9.09. The second kappa shape index (κ2) is 5.43. The largest absolute Gasteiger partial charge is 0.319 e. The molecular weight excluding hydrogens is 246 g/mol. The highest BCUT2D eigenvalue weighted by Crippen LogP contribution is 2.18. The molecule has 0 saturated heterocycles. The lowest BCUT2D eigenvalue weighted by Gasteiger charge is -2.08. The molecule has 1 amide bonds. The molecule has 0 spiro atoms. The van der Waals surface area contributed by atoms with Crippen LogP contribution >= 0.6 is 0 Å². The van der Waals surface area contributed by atoms with Crippen molar-refractivity contribution in [3.63, 3.8) is 0 Å². The average molecular weight is 256 g/mol. The van der Waals surface area contributed by atoms with Crippen LogP contribution in [0.2, 0.25) is 0 Å². The Hall–Kier alpha value is -2.50. The van der Waals surface area contributed by atoms with E-state index in [1.807, 2.05) is 0 Å². The Kier molecular flexibility index (Phi) is 3.70. The quantitative estimate of drug-likeness (QED) is 0.840. The van der Waals surface area contributed by atoms with E-state index >= 15 is 0 Å². The second-order valence-corrected chi connectivity index (χ2v) is 3.92. The standard InChI is InChI=1S/C13H10BFN2O2/c14-12(18)9-4-1-5-10(11(9)15)17-13(19)8-3-2-6-16-7-8/h1-7H,14H2,(H,17,19). The molecule has 1 aromatic carbocycles. The van der Waals surface area contributed by atoms with Crippen molar-refractivity contribution in [3.05, 3.63) is 59.7 Å². The zero-order valence-corrected chi connectivity index (χ0v) is 10.2. The minimum Gasteiger partial charge on any atom is -0.319 e. The summed E-state index contributed by atoms with van der Waals surface area (Å²) in [6.07, 6.45) is 2.91. The lowest BCUT2D eigenvalue weighted by Crippen LogP contribution is -2.14. The van der Waals surface area contributed by atoms with E-state index in [1.165, 1.54) is 38.4 Å². The maximum atomic E-state index is 13.9. The molecule has 0 aliphatic rings. The van der Waals surface area contributed by atoms with Crippen molar-refractivity contribution < 1.29 is 14.0 Å². The Balaban J connectivity index is 2.27. The van der Waals surface area contributed by atoms with Crippen molar-refractivity contribution in [2.45, 2.75) is 0 Å². The van der Waals surface area contributed by atoms with Gasteiger partial charge in [0.2, 0.25) is 0 Å². The molecule has 2 aromatic rings. The van der Waals surface area contributed by atoms with Gasteiger partial charge in [-0.15, -0.1) is 0 Å². The van der Waals surface area contributed by atoms with Gasteiger partial charge in [0.15, 0.2) is 13.7 Å². The van der Waals surface area contributed by atoms with Crippen LogP contribution in [0.5, 0.6) is 0 Å². The summed E-state index contributed by atoms with van der Waals surface area (Å²) in [6, 6.07) is 7.46. The molecule has 0 radical (unpaired) electrons. The first kappa shape index (κ1) is 12.9. The van der Waals surface area contributed by atoms with E-state index in [0.29, 0.717) is 5.56 Å². The number of rotatable bonds is 3. The van der Waals surface area contributed by atoms with Gasteiger partial charge in [-0.25, -0.2) is 4.39 Å². The molecular formula is C13H10BFN2O2. The van der Waals surface area contributed by atoms with E-state index in [9.17, 15) is 14.0 Å². The summed E-state index contributed by atoms with van der Waals surface area (Å²) in [6.45, 7) is 0. The third-order valence-corrected chi connectivity index (χ3v) is 2.55. The molecule has 0 fully saturated rings. The first-order valence-electron chi connectivity index (χ1n) is 5.60. The maximum absolute atomic E-state index is 13.9. The zero-order valence-electron chi connectivity index (χ0n) is 10.2. The molecule has 0 saturated carbocycles. The van der Waals surface area contributed by atoms with Gasteiger partial charge in [-0.3, -0.25) is 9.78 Å². The van der Waals surface area contributed by atoms with Gasteiger partial charge >= 0.3 is 0 Å². The summed E-state index contributed by atoms with van der Waals surface area (Å²) in [5.74, 6) is -1.21. The average Bonchev–Trinajstić information content (AvgIpc) is 2.41. The number of hydrogen-bond donors (Lipinski definition) is 1. The highest BCUT2D eigenvalue weighted by atomic mass is 19.1. The van der Waals surface area contributed by atoms with Crippen molar-refractivity contribution in [2.24, 2.45) is 0 Å². The van der Waals surface area contributed by atoms with Crippen molar-refractivity contribution in [3.8, 4) is 0 Å². The summed E-state index contributed by atoms with van der Waals surface area (Å²) in [7, 11) is 1.27. The normalized spacial score (nSPS) is 9.95. The molecule has 0 bridgehead atoms. The lowest BCUT2D eigenvalue weighted by atomic mass is 9.94. The van der Waals surface area contributed by atoms with Crippen LogP contribution in [0.1, 0.15) is 20.7 Å². The van der Waals surface area contributed by atoms with Crippen molar-refractivity contribution in [2.75, 3.05) is 5.32 Å². The molecule has 94 valence electrons. The summed E-state index contributed by atoms with van der Waals surface area (Å²) >= 11 is 0. The van der Waals surface area contributed by atoms with E-state index in [0.717, 1.165) is 0 Å². The molecule has 1 N–H and O–H groups in total. The van der Waals surface area contributed by atoms with Gasteiger partial charge in [0.05, 0.1) is 11.3 Å². The molecule has 0 unspecified atom stereocenters. The van der Waals surface area contributed by atoms with Crippen LogP contribution in [-0.4, -0.2) is 24.4 Å². The smallest absolute Gasteiger partial charge is 0.257 e. The molecule has 0 aliphatic carbocycles. The Bertz CT molecular complexity index is 632. The van der Waals surface area contributed by atoms with Crippen LogP contribution in [0.4, 0.5) is 10.1 Å². The number of aromatic nitrogens is 1.